The molecule has 0 bridgehead atoms. The average Bonchev–Trinajstić information content (AvgIpc) is 2.00. The van der Waals surface area contributed by atoms with Gasteiger partial charge in [0, 0.05) is 8.07 Å². The second kappa shape index (κ2) is 4.07. The molecule has 5 heteroatoms. The van der Waals surface area contributed by atoms with Crippen molar-refractivity contribution in [3.05, 3.63) is 29.8 Å². The molecular formula is C10H16O3SSi. The molecule has 0 heterocycles. The van der Waals surface area contributed by atoms with E-state index in [1.807, 2.05) is 0 Å². The predicted molar refractivity (Wildman–Crippen MR) is 63.3 cm³/mol. The molecule has 84 valence electrons. The van der Waals surface area contributed by atoms with Gasteiger partial charge in [0.05, 0.1) is 4.90 Å². The minimum atomic E-state index is -4.05. The molecule has 0 fully saturated rings. The highest BCUT2D eigenvalue weighted by atomic mass is 32.2. The zero-order valence-corrected chi connectivity index (χ0v) is 11.0. The maximum Gasteiger partial charge on any atom is 0.294 e. The van der Waals surface area contributed by atoms with Crippen molar-refractivity contribution in [1.82, 2.24) is 0 Å². The fourth-order valence-electron chi connectivity index (χ4n) is 1.39. The van der Waals surface area contributed by atoms with Crippen molar-refractivity contribution >= 4 is 18.2 Å². The van der Waals surface area contributed by atoms with E-state index in [1.54, 1.807) is 12.1 Å². The Hall–Kier alpha value is -0.653. The number of rotatable bonds is 3. The van der Waals surface area contributed by atoms with E-state index in [-0.39, 0.29) is 4.90 Å². The molecule has 3 nitrogen and oxygen atoms in total. The molecule has 0 aromatic heterocycles. The summed E-state index contributed by atoms with van der Waals surface area (Å²) in [5.41, 5.74) is 1.13. The van der Waals surface area contributed by atoms with Gasteiger partial charge in [0.2, 0.25) is 0 Å². The van der Waals surface area contributed by atoms with Crippen LogP contribution in [0.3, 0.4) is 0 Å². The van der Waals surface area contributed by atoms with Crippen LogP contribution in [0.5, 0.6) is 0 Å². The zero-order chi connectivity index (χ0) is 11.7. The van der Waals surface area contributed by atoms with Gasteiger partial charge in [-0.25, -0.2) is 0 Å². The van der Waals surface area contributed by atoms with Crippen LogP contribution in [0.2, 0.25) is 19.6 Å². The van der Waals surface area contributed by atoms with Crippen molar-refractivity contribution in [3.8, 4) is 0 Å². The van der Waals surface area contributed by atoms with E-state index in [1.165, 1.54) is 12.1 Å². The van der Waals surface area contributed by atoms with E-state index < -0.39 is 18.2 Å². The highest BCUT2D eigenvalue weighted by Gasteiger charge is 2.14. The summed E-state index contributed by atoms with van der Waals surface area (Å²) in [5, 5.41) is 0. The van der Waals surface area contributed by atoms with E-state index in [9.17, 15) is 8.42 Å². The lowest BCUT2D eigenvalue weighted by molar-refractivity contribution is 0.483. The van der Waals surface area contributed by atoms with E-state index in [0.717, 1.165) is 11.6 Å². The zero-order valence-electron chi connectivity index (χ0n) is 9.19. The summed E-state index contributed by atoms with van der Waals surface area (Å²) in [6.07, 6.45) is 0. The third-order valence-corrected chi connectivity index (χ3v) is 4.29. The van der Waals surface area contributed by atoms with Gasteiger partial charge in [0.1, 0.15) is 0 Å². The molecule has 1 rings (SSSR count). The Morgan fingerprint density at radius 2 is 1.60 bits per heavy atom. The van der Waals surface area contributed by atoms with Crippen LogP contribution in [-0.4, -0.2) is 21.0 Å². The highest BCUT2D eigenvalue weighted by molar-refractivity contribution is 7.85. The van der Waals surface area contributed by atoms with Gasteiger partial charge >= 0.3 is 0 Å². The molecule has 0 spiro atoms. The second-order valence-electron chi connectivity index (χ2n) is 4.86. The summed E-state index contributed by atoms with van der Waals surface area (Å²) in [4.78, 5) is -0.0400. The van der Waals surface area contributed by atoms with Gasteiger partial charge < -0.3 is 0 Å². The Labute approximate surface area is 91.9 Å². The van der Waals surface area contributed by atoms with Crippen molar-refractivity contribution in [2.24, 2.45) is 0 Å². The SMILES string of the molecule is C[Si](C)(C)Cc1ccc(S(=O)(=O)O)cc1. The van der Waals surface area contributed by atoms with E-state index in [2.05, 4.69) is 19.6 Å². The molecule has 0 aliphatic heterocycles. The summed E-state index contributed by atoms with van der Waals surface area (Å²) in [5.74, 6) is 0. The molecule has 0 unspecified atom stereocenters. The van der Waals surface area contributed by atoms with Gasteiger partial charge in [-0.2, -0.15) is 8.42 Å². The fourth-order valence-corrected chi connectivity index (χ4v) is 3.33. The minimum absolute atomic E-state index is 0.0400. The van der Waals surface area contributed by atoms with Crippen LogP contribution in [-0.2, 0) is 16.2 Å². The van der Waals surface area contributed by atoms with Crippen LogP contribution in [0, 0.1) is 0 Å². The second-order valence-corrected chi connectivity index (χ2v) is 11.8. The topological polar surface area (TPSA) is 54.4 Å². The van der Waals surface area contributed by atoms with Crippen LogP contribution in [0.4, 0.5) is 0 Å². The summed E-state index contributed by atoms with van der Waals surface area (Å²) < 4.78 is 30.4. The first-order chi connectivity index (χ1) is 6.68. The standard InChI is InChI=1S/C10H16O3SSi/c1-15(2,3)8-9-4-6-10(7-5-9)14(11,12)13/h4-7H,8H2,1-3H3,(H,11,12,13). The highest BCUT2D eigenvalue weighted by Crippen LogP contribution is 2.14. The van der Waals surface area contributed by atoms with Crippen molar-refractivity contribution in [2.75, 3.05) is 0 Å². The molecule has 0 radical (unpaired) electrons. The van der Waals surface area contributed by atoms with Crippen LogP contribution < -0.4 is 0 Å². The normalized spacial score (nSPS) is 12.8. The molecular weight excluding hydrogens is 228 g/mol. The quantitative estimate of drug-likeness (QED) is 0.656. The fraction of sp³-hybridized carbons (Fsp3) is 0.400. The Kier molecular flexibility index (Phi) is 3.37. The van der Waals surface area contributed by atoms with Gasteiger partial charge in [-0.3, -0.25) is 4.55 Å². The lowest BCUT2D eigenvalue weighted by Crippen LogP contribution is -2.23. The maximum atomic E-state index is 10.8. The summed E-state index contributed by atoms with van der Waals surface area (Å²) in [6, 6.07) is 7.44. The molecule has 0 aliphatic carbocycles. The molecule has 1 aromatic rings. The summed E-state index contributed by atoms with van der Waals surface area (Å²) >= 11 is 0. The number of hydrogen-bond donors (Lipinski definition) is 1. The monoisotopic (exact) mass is 244 g/mol. The minimum Gasteiger partial charge on any atom is -0.282 e. The first-order valence-electron chi connectivity index (χ1n) is 4.75. The smallest absolute Gasteiger partial charge is 0.282 e. The average molecular weight is 244 g/mol. The molecule has 0 atom stereocenters. The van der Waals surface area contributed by atoms with Crippen LogP contribution in [0.15, 0.2) is 29.2 Å². The van der Waals surface area contributed by atoms with Crippen molar-refractivity contribution < 1.29 is 13.0 Å². The molecule has 0 saturated heterocycles. The third kappa shape index (κ3) is 4.15. The lowest BCUT2D eigenvalue weighted by atomic mass is 10.2. The van der Waals surface area contributed by atoms with Gasteiger partial charge in [0.25, 0.3) is 10.1 Å². The Balaban J connectivity index is 2.92. The van der Waals surface area contributed by atoms with Crippen molar-refractivity contribution in [1.29, 1.82) is 0 Å². The molecule has 0 saturated carbocycles. The number of benzene rings is 1. The molecule has 0 aliphatic rings. The van der Waals surface area contributed by atoms with Crippen molar-refractivity contribution in [3.63, 3.8) is 0 Å². The Bertz CT molecular complexity index is 429. The van der Waals surface area contributed by atoms with E-state index in [0.29, 0.717) is 0 Å². The third-order valence-electron chi connectivity index (χ3n) is 1.96. The molecule has 1 N–H and O–H groups in total. The molecule has 1 aromatic carbocycles. The summed E-state index contributed by atoms with van der Waals surface area (Å²) in [6.45, 7) is 6.76. The lowest BCUT2D eigenvalue weighted by Gasteiger charge is -2.15. The maximum absolute atomic E-state index is 10.8. The van der Waals surface area contributed by atoms with E-state index in [4.69, 9.17) is 4.55 Å². The molecule has 15 heavy (non-hydrogen) atoms. The van der Waals surface area contributed by atoms with Gasteiger partial charge in [-0.05, 0) is 18.2 Å². The first-order valence-corrected chi connectivity index (χ1v) is 9.90. The van der Waals surface area contributed by atoms with Crippen LogP contribution in [0.25, 0.3) is 0 Å². The van der Waals surface area contributed by atoms with Gasteiger partial charge in [-0.1, -0.05) is 37.3 Å². The van der Waals surface area contributed by atoms with E-state index >= 15 is 0 Å². The van der Waals surface area contributed by atoms with Crippen molar-refractivity contribution in [2.45, 2.75) is 30.6 Å². The first kappa shape index (κ1) is 12.4. The predicted octanol–water partition coefficient (Wildman–Crippen LogP) is 2.35. The number of hydrogen-bond acceptors (Lipinski definition) is 2. The Morgan fingerprint density at radius 1 is 1.13 bits per heavy atom. The molecule has 0 amide bonds. The Morgan fingerprint density at radius 3 is 1.93 bits per heavy atom. The summed E-state index contributed by atoms with van der Waals surface area (Å²) in [7, 11) is -5.23. The van der Waals surface area contributed by atoms with Crippen LogP contribution in [0.1, 0.15) is 5.56 Å². The van der Waals surface area contributed by atoms with Gasteiger partial charge in [0.15, 0.2) is 0 Å². The van der Waals surface area contributed by atoms with Gasteiger partial charge in [-0.15, -0.1) is 0 Å². The largest absolute Gasteiger partial charge is 0.294 e. The van der Waals surface area contributed by atoms with Crippen LogP contribution >= 0.6 is 0 Å².